The molecule has 35 heavy (non-hydrogen) atoms. The number of hydrogen-bond donors (Lipinski definition) is 1. The average Bonchev–Trinajstić information content (AvgIpc) is 2.80. The van der Waals surface area contributed by atoms with E-state index in [0.29, 0.717) is 5.56 Å². The van der Waals surface area contributed by atoms with E-state index < -0.39 is 29.6 Å². The third-order valence-electron chi connectivity index (χ3n) is 5.44. The van der Waals surface area contributed by atoms with E-state index in [-0.39, 0.29) is 47.5 Å². The van der Waals surface area contributed by atoms with Crippen LogP contribution in [0, 0.1) is 0 Å². The number of carbonyl (C=O) groups excluding carboxylic acids is 3. The van der Waals surface area contributed by atoms with Crippen LogP contribution in [-0.4, -0.2) is 68.7 Å². The molecule has 0 saturated carbocycles. The van der Waals surface area contributed by atoms with E-state index >= 15 is 0 Å². The molecular weight excluding hydrogens is 489 g/mol. The van der Waals surface area contributed by atoms with E-state index in [9.17, 15) is 27.6 Å². The fourth-order valence-electron chi connectivity index (χ4n) is 3.98. The molecule has 2 aromatic heterocycles. The second-order valence-corrected chi connectivity index (χ2v) is 8.27. The minimum Gasteiger partial charge on any atom is -0.354 e. The molecule has 1 aliphatic rings. The summed E-state index contributed by atoms with van der Waals surface area (Å²) in [7, 11) is 1.25. The number of nitrogens with one attached hydrogen (secondary N) is 1. The minimum atomic E-state index is -4.92. The highest BCUT2D eigenvalue weighted by molar-refractivity contribution is 6.29. The van der Waals surface area contributed by atoms with E-state index in [2.05, 4.69) is 26.8 Å². The number of piperazine rings is 1. The molecule has 13 heteroatoms. The molecule has 2 aromatic rings. The van der Waals surface area contributed by atoms with Crippen LogP contribution in [0.2, 0.25) is 5.15 Å². The number of pyridine rings is 1. The lowest BCUT2D eigenvalue weighted by Gasteiger charge is -2.45. The van der Waals surface area contributed by atoms with Crippen molar-refractivity contribution in [2.75, 3.05) is 20.1 Å². The maximum absolute atomic E-state index is 13.4. The number of amides is 3. The van der Waals surface area contributed by atoms with Crippen LogP contribution in [0.1, 0.15) is 41.8 Å². The Labute approximate surface area is 204 Å². The molecule has 0 aliphatic carbocycles. The van der Waals surface area contributed by atoms with Crippen molar-refractivity contribution in [2.45, 2.75) is 32.1 Å². The lowest BCUT2D eigenvalue weighted by Crippen LogP contribution is -2.56. The van der Waals surface area contributed by atoms with Gasteiger partial charge >= 0.3 is 6.18 Å². The van der Waals surface area contributed by atoms with Gasteiger partial charge in [-0.3, -0.25) is 14.4 Å². The first-order valence-corrected chi connectivity index (χ1v) is 10.8. The fourth-order valence-corrected chi connectivity index (χ4v) is 4.20. The Balaban J connectivity index is 2.16. The third-order valence-corrected chi connectivity index (χ3v) is 5.64. The first-order valence-electron chi connectivity index (χ1n) is 10.4. The van der Waals surface area contributed by atoms with E-state index in [1.165, 1.54) is 31.0 Å². The molecule has 3 heterocycles. The molecule has 9 nitrogen and oxygen atoms in total. The molecule has 3 amide bonds. The normalized spacial score (nSPS) is 18.3. The Kier molecular flexibility index (Phi) is 7.44. The predicted molar refractivity (Wildman–Crippen MR) is 120 cm³/mol. The SMILES string of the molecule is C=CC(=O)N1C[C@@H](C)N(C(C)=O)[C@@H](c2cc(Cl)nc(-c3cc(C(=O)NC)nc(C(F)(F)F)n3)c2)C1. The number of hydrogen-bond acceptors (Lipinski definition) is 6. The molecule has 1 aliphatic heterocycles. The predicted octanol–water partition coefficient (Wildman–Crippen LogP) is 2.88. The molecular formula is C22H22ClF3N6O3. The monoisotopic (exact) mass is 510 g/mol. The van der Waals surface area contributed by atoms with Gasteiger partial charge in [-0.25, -0.2) is 15.0 Å². The van der Waals surface area contributed by atoms with Gasteiger partial charge in [0.15, 0.2) is 0 Å². The summed E-state index contributed by atoms with van der Waals surface area (Å²) in [5.74, 6) is -2.95. The standard InChI is InChI=1S/C22H22ClF3N6O3/c1-5-19(34)31-9-11(2)32(12(3)33)17(10-31)13-6-14(28-18(23)7-13)15-8-16(20(35)27-4)30-21(29-15)22(24,25)26/h5-8,11,17H,1,9-10H2,2-4H3,(H,27,35)/t11-,17-/m1/s1. The minimum absolute atomic E-state index is 0.0612. The van der Waals surface area contributed by atoms with Crippen molar-refractivity contribution >= 4 is 29.3 Å². The van der Waals surface area contributed by atoms with Gasteiger partial charge in [0, 0.05) is 33.1 Å². The van der Waals surface area contributed by atoms with E-state index in [4.69, 9.17) is 11.6 Å². The topological polar surface area (TPSA) is 108 Å². The van der Waals surface area contributed by atoms with Crippen molar-refractivity contribution in [3.63, 3.8) is 0 Å². The van der Waals surface area contributed by atoms with Gasteiger partial charge in [-0.05, 0) is 36.8 Å². The highest BCUT2D eigenvalue weighted by Gasteiger charge is 2.38. The number of nitrogens with zero attached hydrogens (tertiary/aromatic N) is 5. The lowest BCUT2D eigenvalue weighted by molar-refractivity contribution is -0.145. The second-order valence-electron chi connectivity index (χ2n) is 7.89. The quantitative estimate of drug-likeness (QED) is 0.500. The maximum Gasteiger partial charge on any atom is 0.451 e. The Morgan fingerprint density at radius 2 is 1.80 bits per heavy atom. The molecule has 1 N–H and O–H groups in total. The molecule has 0 unspecified atom stereocenters. The summed E-state index contributed by atoms with van der Waals surface area (Å²) < 4.78 is 40.3. The summed E-state index contributed by atoms with van der Waals surface area (Å²) in [6, 6.07) is 2.93. The lowest BCUT2D eigenvalue weighted by atomic mass is 9.98. The average molecular weight is 511 g/mol. The first-order chi connectivity index (χ1) is 16.3. The van der Waals surface area contributed by atoms with Gasteiger partial charge in [0.05, 0.1) is 17.4 Å². The zero-order valence-electron chi connectivity index (χ0n) is 19.1. The molecule has 0 bridgehead atoms. The molecule has 3 rings (SSSR count). The van der Waals surface area contributed by atoms with Crippen LogP contribution in [0.15, 0.2) is 30.9 Å². The summed E-state index contributed by atoms with van der Waals surface area (Å²) in [6.07, 6.45) is -3.76. The Bertz CT molecular complexity index is 1190. The number of halogens is 4. The first kappa shape index (κ1) is 26.1. The van der Waals surface area contributed by atoms with Crippen molar-refractivity contribution in [3.8, 4) is 11.4 Å². The van der Waals surface area contributed by atoms with Gasteiger partial charge in [-0.1, -0.05) is 18.2 Å². The van der Waals surface area contributed by atoms with Crippen LogP contribution in [0.4, 0.5) is 13.2 Å². The highest BCUT2D eigenvalue weighted by Crippen LogP contribution is 2.33. The van der Waals surface area contributed by atoms with Crippen molar-refractivity contribution in [2.24, 2.45) is 0 Å². The van der Waals surface area contributed by atoms with Gasteiger partial charge in [0.2, 0.25) is 17.6 Å². The zero-order valence-corrected chi connectivity index (χ0v) is 19.8. The molecule has 2 atom stereocenters. The van der Waals surface area contributed by atoms with Crippen LogP contribution < -0.4 is 5.32 Å². The van der Waals surface area contributed by atoms with Crippen molar-refractivity contribution < 1.29 is 27.6 Å². The van der Waals surface area contributed by atoms with Crippen LogP contribution >= 0.6 is 11.6 Å². The molecule has 1 fully saturated rings. The summed E-state index contributed by atoms with van der Waals surface area (Å²) >= 11 is 6.21. The van der Waals surface area contributed by atoms with Crippen LogP contribution in [0.25, 0.3) is 11.4 Å². The number of rotatable bonds is 4. The van der Waals surface area contributed by atoms with Gasteiger partial charge in [0.1, 0.15) is 10.8 Å². The van der Waals surface area contributed by atoms with E-state index in [0.717, 1.165) is 12.1 Å². The molecule has 0 aromatic carbocycles. The summed E-state index contributed by atoms with van der Waals surface area (Å²) in [6.45, 7) is 7.04. The van der Waals surface area contributed by atoms with Crippen LogP contribution in [-0.2, 0) is 15.8 Å². The molecule has 1 saturated heterocycles. The second kappa shape index (κ2) is 9.98. The zero-order chi connectivity index (χ0) is 26.1. The van der Waals surface area contributed by atoms with Gasteiger partial charge in [-0.2, -0.15) is 13.2 Å². The van der Waals surface area contributed by atoms with Crippen LogP contribution in [0.3, 0.4) is 0 Å². The number of alkyl halides is 3. The summed E-state index contributed by atoms with van der Waals surface area (Å²) in [5, 5.41) is 2.15. The summed E-state index contributed by atoms with van der Waals surface area (Å²) in [5.41, 5.74) is -0.425. The van der Waals surface area contributed by atoms with Crippen molar-refractivity contribution in [1.82, 2.24) is 30.1 Å². The molecule has 0 spiro atoms. The van der Waals surface area contributed by atoms with Gasteiger partial charge in [0.25, 0.3) is 5.91 Å². The van der Waals surface area contributed by atoms with Crippen molar-refractivity contribution in [1.29, 1.82) is 0 Å². The molecule has 0 radical (unpaired) electrons. The number of carbonyl (C=O) groups is 3. The van der Waals surface area contributed by atoms with Gasteiger partial charge < -0.3 is 15.1 Å². The molecule has 186 valence electrons. The number of aromatic nitrogens is 3. The van der Waals surface area contributed by atoms with Gasteiger partial charge in [-0.15, -0.1) is 0 Å². The third kappa shape index (κ3) is 5.59. The highest BCUT2D eigenvalue weighted by atomic mass is 35.5. The largest absolute Gasteiger partial charge is 0.451 e. The Morgan fingerprint density at radius 1 is 1.14 bits per heavy atom. The Hall–Kier alpha value is -3.54. The van der Waals surface area contributed by atoms with E-state index in [1.807, 2.05) is 0 Å². The summed E-state index contributed by atoms with van der Waals surface area (Å²) in [4.78, 5) is 50.8. The van der Waals surface area contributed by atoms with E-state index in [1.54, 1.807) is 11.8 Å². The van der Waals surface area contributed by atoms with Crippen LogP contribution in [0.5, 0.6) is 0 Å². The maximum atomic E-state index is 13.4. The Morgan fingerprint density at radius 3 is 2.37 bits per heavy atom. The smallest absolute Gasteiger partial charge is 0.354 e. The fraction of sp³-hybridized carbons (Fsp3) is 0.364. The van der Waals surface area contributed by atoms with Crippen molar-refractivity contribution in [3.05, 3.63) is 53.1 Å².